The van der Waals surface area contributed by atoms with Crippen molar-refractivity contribution in [2.24, 2.45) is 0 Å². The van der Waals surface area contributed by atoms with E-state index in [1.807, 2.05) is 0 Å². The molecule has 2 N–H and O–H groups in total. The summed E-state index contributed by atoms with van der Waals surface area (Å²) < 4.78 is 32.2. The first kappa shape index (κ1) is 19.7. The van der Waals surface area contributed by atoms with Crippen LogP contribution in [0.15, 0.2) is 53.4 Å². The van der Waals surface area contributed by atoms with Crippen molar-refractivity contribution in [3.05, 3.63) is 59.1 Å². The molecule has 0 spiro atoms. The minimum atomic E-state index is -3.92. The van der Waals surface area contributed by atoms with E-state index in [-0.39, 0.29) is 16.1 Å². The highest BCUT2D eigenvalue weighted by Crippen LogP contribution is 2.22. The molecule has 0 fully saturated rings. The zero-order chi connectivity index (χ0) is 19.2. The first-order chi connectivity index (χ1) is 12.3. The number of rotatable bonds is 7. The van der Waals surface area contributed by atoms with Crippen molar-refractivity contribution in [1.29, 1.82) is 0 Å². The Kier molecular flexibility index (Phi) is 6.59. The number of esters is 1. The monoisotopic (exact) mass is 396 g/mol. The van der Waals surface area contributed by atoms with E-state index in [1.54, 1.807) is 19.1 Å². The third-order valence-electron chi connectivity index (χ3n) is 3.22. The Labute approximate surface area is 156 Å². The average molecular weight is 397 g/mol. The number of anilines is 1. The number of likely N-dealkylation sites (N-methyl/N-ethyl adjacent to an activating group) is 1. The van der Waals surface area contributed by atoms with E-state index in [4.69, 9.17) is 16.3 Å². The van der Waals surface area contributed by atoms with Gasteiger partial charge in [-0.2, -0.15) is 0 Å². The first-order valence-corrected chi connectivity index (χ1v) is 9.51. The number of hydrogen-bond acceptors (Lipinski definition) is 5. The molecule has 9 heteroatoms. The maximum absolute atomic E-state index is 12.5. The number of sulfonamides is 1. The van der Waals surface area contributed by atoms with Crippen LogP contribution in [0.5, 0.6) is 0 Å². The number of carbonyl (C=O) groups excluding carboxylic acids is 2. The summed E-state index contributed by atoms with van der Waals surface area (Å²) in [5, 5.41) is 2.89. The third-order valence-corrected chi connectivity index (χ3v) is 4.86. The molecule has 0 atom stereocenters. The van der Waals surface area contributed by atoms with Crippen LogP contribution in [0, 0.1) is 0 Å². The molecule has 138 valence electrons. The van der Waals surface area contributed by atoms with Gasteiger partial charge >= 0.3 is 5.97 Å². The van der Waals surface area contributed by atoms with Crippen LogP contribution in [0.25, 0.3) is 0 Å². The van der Waals surface area contributed by atoms with E-state index in [0.29, 0.717) is 11.6 Å². The Hall–Kier alpha value is -2.58. The highest BCUT2D eigenvalue weighted by molar-refractivity contribution is 7.92. The number of ether oxygens (including phenoxy) is 1. The summed E-state index contributed by atoms with van der Waals surface area (Å²) in [6.45, 7) is 1.69. The van der Waals surface area contributed by atoms with Crippen molar-refractivity contribution in [2.75, 3.05) is 17.9 Å². The van der Waals surface area contributed by atoms with Crippen molar-refractivity contribution in [1.82, 2.24) is 5.32 Å². The van der Waals surface area contributed by atoms with Crippen LogP contribution >= 0.6 is 11.6 Å². The number of nitrogens with one attached hydrogen (secondary N) is 2. The lowest BCUT2D eigenvalue weighted by Crippen LogP contribution is -2.28. The number of para-hydroxylation sites is 1. The fraction of sp³-hybridized carbons (Fsp3) is 0.176. The zero-order valence-corrected chi connectivity index (χ0v) is 15.4. The van der Waals surface area contributed by atoms with E-state index in [2.05, 4.69) is 10.0 Å². The van der Waals surface area contributed by atoms with Crippen LogP contribution in [0.4, 0.5) is 5.69 Å². The molecule has 0 radical (unpaired) electrons. The van der Waals surface area contributed by atoms with Crippen LogP contribution < -0.4 is 10.0 Å². The van der Waals surface area contributed by atoms with Gasteiger partial charge in [-0.1, -0.05) is 23.7 Å². The van der Waals surface area contributed by atoms with E-state index in [0.717, 1.165) is 0 Å². The van der Waals surface area contributed by atoms with E-state index < -0.39 is 28.5 Å². The molecule has 0 saturated heterocycles. The zero-order valence-electron chi connectivity index (χ0n) is 13.9. The highest BCUT2D eigenvalue weighted by atomic mass is 35.5. The molecule has 2 aromatic carbocycles. The Bertz CT molecular complexity index is 898. The summed E-state index contributed by atoms with van der Waals surface area (Å²) in [5.41, 5.74) is 0.0395. The van der Waals surface area contributed by atoms with Gasteiger partial charge in [0.25, 0.3) is 15.9 Å². The molecule has 2 aromatic rings. The normalized spacial score (nSPS) is 10.8. The smallest absolute Gasteiger partial charge is 0.340 e. The van der Waals surface area contributed by atoms with Crippen LogP contribution in [0.3, 0.4) is 0 Å². The van der Waals surface area contributed by atoms with Crippen molar-refractivity contribution >= 4 is 39.2 Å². The molecule has 0 aliphatic rings. The average Bonchev–Trinajstić information content (AvgIpc) is 2.60. The molecule has 2 rings (SSSR count). The first-order valence-electron chi connectivity index (χ1n) is 7.64. The van der Waals surface area contributed by atoms with Gasteiger partial charge in [0.1, 0.15) is 0 Å². The molecule has 0 saturated carbocycles. The summed E-state index contributed by atoms with van der Waals surface area (Å²) in [4.78, 5) is 23.6. The topological polar surface area (TPSA) is 102 Å². The van der Waals surface area contributed by atoms with Crippen molar-refractivity contribution < 1.29 is 22.7 Å². The fourth-order valence-corrected chi connectivity index (χ4v) is 3.23. The van der Waals surface area contributed by atoms with Gasteiger partial charge in [-0.05, 0) is 43.3 Å². The molecule has 0 heterocycles. The third kappa shape index (κ3) is 5.21. The van der Waals surface area contributed by atoms with E-state index >= 15 is 0 Å². The minimum Gasteiger partial charge on any atom is -0.452 e. The van der Waals surface area contributed by atoms with Crippen molar-refractivity contribution in [3.8, 4) is 0 Å². The van der Waals surface area contributed by atoms with Gasteiger partial charge in [0.2, 0.25) is 0 Å². The molecule has 0 unspecified atom stereocenters. The SMILES string of the molecule is CCNC(=O)COC(=O)c1ccccc1NS(=O)(=O)c1ccc(Cl)cc1. The largest absolute Gasteiger partial charge is 0.452 e. The Balaban J connectivity index is 2.19. The van der Waals surface area contributed by atoms with Gasteiger partial charge in [0, 0.05) is 11.6 Å². The van der Waals surface area contributed by atoms with E-state index in [1.165, 1.54) is 36.4 Å². The second-order valence-corrected chi connectivity index (χ2v) is 7.25. The predicted octanol–water partition coefficient (Wildman–Crippen LogP) is 2.43. The van der Waals surface area contributed by atoms with Crippen LogP contribution in [0.2, 0.25) is 5.02 Å². The molecule has 26 heavy (non-hydrogen) atoms. The van der Waals surface area contributed by atoms with Gasteiger partial charge in [-0.25, -0.2) is 13.2 Å². The molecule has 0 bridgehead atoms. The lowest BCUT2D eigenvalue weighted by Gasteiger charge is -2.12. The van der Waals surface area contributed by atoms with Crippen LogP contribution in [-0.2, 0) is 19.6 Å². The molecule has 7 nitrogen and oxygen atoms in total. The predicted molar refractivity (Wildman–Crippen MR) is 97.7 cm³/mol. The molecular formula is C17H17ClN2O5S. The lowest BCUT2D eigenvalue weighted by molar-refractivity contribution is -0.124. The Morgan fingerprint density at radius 3 is 2.38 bits per heavy atom. The summed E-state index contributed by atoms with van der Waals surface area (Å²) in [7, 11) is -3.92. The summed E-state index contributed by atoms with van der Waals surface area (Å²) >= 11 is 5.76. The van der Waals surface area contributed by atoms with Crippen molar-refractivity contribution in [3.63, 3.8) is 0 Å². The maximum atomic E-state index is 12.5. The van der Waals surface area contributed by atoms with E-state index in [9.17, 15) is 18.0 Å². The molecular weight excluding hydrogens is 380 g/mol. The van der Waals surface area contributed by atoms with Crippen LogP contribution in [-0.4, -0.2) is 33.4 Å². The second-order valence-electron chi connectivity index (χ2n) is 5.13. The Morgan fingerprint density at radius 2 is 1.73 bits per heavy atom. The number of carbonyl (C=O) groups is 2. The van der Waals surface area contributed by atoms with Gasteiger partial charge in [0.05, 0.1) is 16.1 Å². The fourth-order valence-electron chi connectivity index (χ4n) is 2.02. The van der Waals surface area contributed by atoms with Crippen LogP contribution in [0.1, 0.15) is 17.3 Å². The summed E-state index contributed by atoms with van der Waals surface area (Å²) in [6.07, 6.45) is 0. The maximum Gasteiger partial charge on any atom is 0.340 e. The van der Waals surface area contributed by atoms with Gasteiger partial charge in [-0.15, -0.1) is 0 Å². The quantitative estimate of drug-likeness (QED) is 0.700. The van der Waals surface area contributed by atoms with Gasteiger partial charge in [0.15, 0.2) is 6.61 Å². The lowest BCUT2D eigenvalue weighted by atomic mass is 10.2. The molecule has 0 aromatic heterocycles. The van der Waals surface area contributed by atoms with Crippen molar-refractivity contribution in [2.45, 2.75) is 11.8 Å². The molecule has 0 aliphatic carbocycles. The second kappa shape index (κ2) is 8.68. The number of halogens is 1. The molecule has 0 aliphatic heterocycles. The highest BCUT2D eigenvalue weighted by Gasteiger charge is 2.19. The number of amides is 1. The van der Waals surface area contributed by atoms with Gasteiger partial charge < -0.3 is 10.1 Å². The number of hydrogen-bond donors (Lipinski definition) is 2. The standard InChI is InChI=1S/C17H17ClN2O5S/c1-2-19-16(21)11-25-17(22)14-5-3-4-6-15(14)20-26(23,24)13-9-7-12(18)8-10-13/h3-10,20H,2,11H2,1H3,(H,19,21). The van der Waals surface area contributed by atoms with Gasteiger partial charge in [-0.3, -0.25) is 9.52 Å². The summed E-state index contributed by atoms with van der Waals surface area (Å²) in [5.74, 6) is -1.26. The summed E-state index contributed by atoms with van der Waals surface area (Å²) in [6, 6.07) is 11.5. The Morgan fingerprint density at radius 1 is 1.08 bits per heavy atom. The number of benzene rings is 2. The molecule has 1 amide bonds. The minimum absolute atomic E-state index is 0.00524.